The first kappa shape index (κ1) is 21.6. The number of hydrogen-bond donors (Lipinski definition) is 1. The van der Waals surface area contributed by atoms with E-state index in [1.165, 1.54) is 16.0 Å². The molecule has 1 aliphatic heterocycles. The maximum atomic E-state index is 11.0. The van der Waals surface area contributed by atoms with Crippen molar-refractivity contribution in [2.24, 2.45) is 5.92 Å². The third kappa shape index (κ3) is 5.94. The number of nitrogens with zero attached hydrogens (tertiary/aromatic N) is 1. The molecule has 3 aromatic rings. The Morgan fingerprint density at radius 3 is 2.61 bits per heavy atom. The summed E-state index contributed by atoms with van der Waals surface area (Å²) >= 11 is 1.69. The SMILES string of the molecule is O=C(O)C1CN(Cc2ccc(OCCCOCc3ccccc3)c(-c3cccs3)c2)C1. The molecule has 162 valence electrons. The van der Waals surface area contributed by atoms with E-state index in [0.29, 0.717) is 32.9 Å². The van der Waals surface area contributed by atoms with Crippen molar-refractivity contribution in [1.29, 1.82) is 0 Å². The number of carboxylic acids is 1. The van der Waals surface area contributed by atoms with Gasteiger partial charge in [0.1, 0.15) is 5.75 Å². The molecule has 0 aliphatic carbocycles. The molecule has 0 spiro atoms. The molecular formula is C25H27NO4S. The lowest BCUT2D eigenvalue weighted by atomic mass is 9.99. The second-order valence-electron chi connectivity index (χ2n) is 7.78. The Labute approximate surface area is 186 Å². The molecule has 1 fully saturated rings. The van der Waals surface area contributed by atoms with E-state index in [1.807, 2.05) is 30.3 Å². The first-order valence-electron chi connectivity index (χ1n) is 10.6. The minimum atomic E-state index is -0.702. The molecule has 4 rings (SSSR count). The number of carboxylic acid groups (broad SMARTS) is 1. The van der Waals surface area contributed by atoms with Crippen LogP contribution in [0.1, 0.15) is 17.5 Å². The Kier molecular flexibility index (Phi) is 7.35. The molecule has 1 aromatic heterocycles. The van der Waals surface area contributed by atoms with Crippen LogP contribution in [-0.2, 0) is 22.7 Å². The number of thiophene rings is 1. The van der Waals surface area contributed by atoms with Gasteiger partial charge in [-0.3, -0.25) is 9.69 Å². The molecule has 2 heterocycles. The van der Waals surface area contributed by atoms with Crippen LogP contribution in [0.25, 0.3) is 10.4 Å². The summed E-state index contributed by atoms with van der Waals surface area (Å²) in [6.07, 6.45) is 0.822. The molecule has 1 saturated heterocycles. The van der Waals surface area contributed by atoms with E-state index in [-0.39, 0.29) is 5.92 Å². The van der Waals surface area contributed by atoms with E-state index in [1.54, 1.807) is 11.3 Å². The van der Waals surface area contributed by atoms with Crippen LogP contribution in [-0.4, -0.2) is 42.3 Å². The van der Waals surface area contributed by atoms with Crippen molar-refractivity contribution in [2.75, 3.05) is 26.3 Å². The fourth-order valence-corrected chi connectivity index (χ4v) is 4.39. The third-order valence-corrected chi connectivity index (χ3v) is 6.25. The Morgan fingerprint density at radius 2 is 1.87 bits per heavy atom. The fraction of sp³-hybridized carbons (Fsp3) is 0.320. The number of carbonyl (C=O) groups is 1. The molecule has 0 bridgehead atoms. The Morgan fingerprint density at radius 1 is 1.03 bits per heavy atom. The molecule has 2 aromatic carbocycles. The highest BCUT2D eigenvalue weighted by Crippen LogP contribution is 2.35. The van der Waals surface area contributed by atoms with E-state index in [4.69, 9.17) is 14.6 Å². The predicted octanol–water partition coefficient (Wildman–Crippen LogP) is 4.92. The number of rotatable bonds is 11. The van der Waals surface area contributed by atoms with Crippen LogP contribution in [0.15, 0.2) is 66.0 Å². The predicted molar refractivity (Wildman–Crippen MR) is 122 cm³/mol. The number of ether oxygens (including phenoxy) is 2. The lowest BCUT2D eigenvalue weighted by Crippen LogP contribution is -2.49. The molecule has 0 radical (unpaired) electrons. The Hall–Kier alpha value is -2.67. The van der Waals surface area contributed by atoms with Crippen molar-refractivity contribution in [3.63, 3.8) is 0 Å². The molecule has 1 aliphatic rings. The summed E-state index contributed by atoms with van der Waals surface area (Å²) < 4.78 is 11.8. The minimum absolute atomic E-state index is 0.233. The third-order valence-electron chi connectivity index (χ3n) is 5.35. The van der Waals surface area contributed by atoms with Crippen LogP contribution in [0.2, 0.25) is 0 Å². The lowest BCUT2D eigenvalue weighted by Gasteiger charge is -2.36. The molecule has 31 heavy (non-hydrogen) atoms. The van der Waals surface area contributed by atoms with Gasteiger partial charge in [-0.2, -0.15) is 0 Å². The summed E-state index contributed by atoms with van der Waals surface area (Å²) in [6.45, 7) is 3.86. The van der Waals surface area contributed by atoms with Gasteiger partial charge in [0.25, 0.3) is 0 Å². The minimum Gasteiger partial charge on any atom is -0.493 e. The monoisotopic (exact) mass is 437 g/mol. The highest BCUT2D eigenvalue weighted by Gasteiger charge is 2.32. The zero-order valence-electron chi connectivity index (χ0n) is 17.4. The van der Waals surface area contributed by atoms with E-state index < -0.39 is 5.97 Å². The molecule has 0 saturated carbocycles. The van der Waals surface area contributed by atoms with Crippen molar-refractivity contribution < 1.29 is 19.4 Å². The number of aliphatic carboxylic acids is 1. The Balaban J connectivity index is 1.30. The van der Waals surface area contributed by atoms with Gasteiger partial charge in [-0.25, -0.2) is 0 Å². The van der Waals surface area contributed by atoms with Crippen molar-refractivity contribution in [1.82, 2.24) is 4.90 Å². The summed E-state index contributed by atoms with van der Waals surface area (Å²) in [4.78, 5) is 14.4. The van der Waals surface area contributed by atoms with Gasteiger partial charge >= 0.3 is 5.97 Å². The summed E-state index contributed by atoms with van der Waals surface area (Å²) in [5.74, 6) is -0.0585. The van der Waals surface area contributed by atoms with Gasteiger partial charge in [-0.15, -0.1) is 11.3 Å². The standard InChI is InChI=1S/C25H27NO4S/c27-25(28)21-16-26(17-21)15-20-9-10-23(22(14-20)24-8-4-13-31-24)30-12-5-11-29-18-19-6-2-1-3-7-19/h1-4,6-10,13-14,21H,5,11-12,15-18H2,(H,27,28). The number of benzene rings is 2. The van der Waals surface area contributed by atoms with Crippen molar-refractivity contribution in [3.8, 4) is 16.2 Å². The van der Waals surface area contributed by atoms with Crippen molar-refractivity contribution >= 4 is 17.3 Å². The van der Waals surface area contributed by atoms with Crippen LogP contribution in [0.4, 0.5) is 0 Å². The van der Waals surface area contributed by atoms with Crippen LogP contribution < -0.4 is 4.74 Å². The molecule has 0 amide bonds. The van der Waals surface area contributed by atoms with Gasteiger partial charge in [0.2, 0.25) is 0 Å². The lowest BCUT2D eigenvalue weighted by molar-refractivity contribution is -0.147. The number of likely N-dealkylation sites (tertiary alicyclic amines) is 1. The largest absolute Gasteiger partial charge is 0.493 e. The molecular weight excluding hydrogens is 410 g/mol. The molecule has 5 nitrogen and oxygen atoms in total. The summed E-state index contributed by atoms with van der Waals surface area (Å²) in [5, 5.41) is 11.1. The fourth-order valence-electron chi connectivity index (χ4n) is 3.65. The normalized spacial score (nSPS) is 14.3. The van der Waals surface area contributed by atoms with E-state index >= 15 is 0 Å². The average Bonchev–Trinajstić information content (AvgIpc) is 3.28. The van der Waals surface area contributed by atoms with E-state index in [9.17, 15) is 4.79 Å². The maximum Gasteiger partial charge on any atom is 0.309 e. The summed E-state index contributed by atoms with van der Waals surface area (Å²) in [7, 11) is 0. The van der Waals surface area contributed by atoms with Gasteiger partial charge in [0.05, 0.1) is 25.7 Å². The zero-order valence-corrected chi connectivity index (χ0v) is 18.2. The molecule has 0 atom stereocenters. The molecule has 0 unspecified atom stereocenters. The van der Waals surface area contributed by atoms with Gasteiger partial charge in [-0.05, 0) is 34.7 Å². The van der Waals surface area contributed by atoms with E-state index in [0.717, 1.165) is 24.3 Å². The van der Waals surface area contributed by atoms with E-state index in [2.05, 4.69) is 40.6 Å². The van der Waals surface area contributed by atoms with Crippen LogP contribution in [0.5, 0.6) is 5.75 Å². The van der Waals surface area contributed by atoms with Gasteiger partial charge < -0.3 is 14.6 Å². The maximum absolute atomic E-state index is 11.0. The van der Waals surface area contributed by atoms with Crippen LogP contribution in [0, 0.1) is 5.92 Å². The number of hydrogen-bond acceptors (Lipinski definition) is 5. The first-order chi connectivity index (χ1) is 15.2. The quantitative estimate of drug-likeness (QED) is 0.432. The smallest absolute Gasteiger partial charge is 0.309 e. The highest BCUT2D eigenvalue weighted by molar-refractivity contribution is 7.13. The summed E-state index contributed by atoms with van der Waals surface area (Å²) in [5.41, 5.74) is 3.44. The topological polar surface area (TPSA) is 59.0 Å². The Bertz CT molecular complexity index is 968. The van der Waals surface area contributed by atoms with Gasteiger partial charge in [-0.1, -0.05) is 42.5 Å². The van der Waals surface area contributed by atoms with Crippen molar-refractivity contribution in [3.05, 3.63) is 77.2 Å². The summed E-state index contributed by atoms with van der Waals surface area (Å²) in [6, 6.07) is 20.6. The molecule has 1 N–H and O–H groups in total. The molecule has 6 heteroatoms. The van der Waals surface area contributed by atoms with Crippen molar-refractivity contribution in [2.45, 2.75) is 19.6 Å². The zero-order chi connectivity index (χ0) is 21.5. The van der Waals surface area contributed by atoms with Gasteiger partial charge in [0.15, 0.2) is 0 Å². The average molecular weight is 438 g/mol. The van der Waals surface area contributed by atoms with Gasteiger partial charge in [0, 0.05) is 36.5 Å². The van der Waals surface area contributed by atoms with Crippen LogP contribution >= 0.6 is 11.3 Å². The second-order valence-corrected chi connectivity index (χ2v) is 8.72. The first-order valence-corrected chi connectivity index (χ1v) is 11.4. The highest BCUT2D eigenvalue weighted by atomic mass is 32.1. The second kappa shape index (κ2) is 10.6. The van der Waals surface area contributed by atoms with Crippen LogP contribution in [0.3, 0.4) is 0 Å².